The number of rotatable bonds is 4. The minimum Gasteiger partial charge on any atom is -0.456 e. The van der Waals surface area contributed by atoms with Crippen LogP contribution in [0, 0.1) is 0 Å². The van der Waals surface area contributed by atoms with Crippen LogP contribution in [-0.4, -0.2) is 22.9 Å². The minimum atomic E-state index is -1.52. The van der Waals surface area contributed by atoms with E-state index >= 15 is 0 Å². The second-order valence-electron chi connectivity index (χ2n) is 2.66. The van der Waals surface area contributed by atoms with Crippen LogP contribution in [0.1, 0.15) is 0 Å². The van der Waals surface area contributed by atoms with Crippen LogP contribution in [0.3, 0.4) is 0 Å². The lowest BCUT2D eigenvalue weighted by Gasteiger charge is -2.22. The molecule has 0 amide bonds. The number of hydrogen-bond acceptors (Lipinski definition) is 1. The van der Waals surface area contributed by atoms with Crippen LogP contribution in [0.5, 0.6) is 0 Å². The molecule has 2 radical (unpaired) electrons. The normalized spacial score (nSPS) is 12.6. The van der Waals surface area contributed by atoms with Gasteiger partial charge in [0, 0.05) is 0 Å². The Morgan fingerprint density at radius 3 is 2.30 bits per heavy atom. The first-order chi connectivity index (χ1) is 4.48. The van der Waals surface area contributed by atoms with Gasteiger partial charge in [0.15, 0.2) is 8.32 Å². The summed E-state index contributed by atoms with van der Waals surface area (Å²) in [5.41, 5.74) is 0. The van der Waals surface area contributed by atoms with Gasteiger partial charge in [0.2, 0.25) is 9.76 Å². The van der Waals surface area contributed by atoms with Crippen LogP contribution in [0.4, 0.5) is 0 Å². The van der Waals surface area contributed by atoms with Crippen molar-refractivity contribution in [2.24, 2.45) is 0 Å². The lowest BCUT2D eigenvalue weighted by Crippen LogP contribution is -2.33. The zero-order valence-electron chi connectivity index (χ0n) is 6.45. The fraction of sp³-hybridized carbons (Fsp3) is 1.00. The predicted octanol–water partition coefficient (Wildman–Crippen LogP) is 2.68. The van der Waals surface area contributed by atoms with E-state index in [1.165, 1.54) is 0 Å². The SMILES string of the molecule is C[Si]O[Si](C)(C)CC(Cl)Cl. The Morgan fingerprint density at radius 2 is 2.00 bits per heavy atom. The van der Waals surface area contributed by atoms with Crippen molar-refractivity contribution in [2.75, 3.05) is 0 Å². The quantitative estimate of drug-likeness (QED) is 0.517. The van der Waals surface area contributed by atoms with Crippen molar-refractivity contribution in [1.82, 2.24) is 0 Å². The smallest absolute Gasteiger partial charge is 0.211 e. The summed E-state index contributed by atoms with van der Waals surface area (Å²) < 4.78 is 5.54. The Balaban J connectivity index is 3.63. The van der Waals surface area contributed by atoms with E-state index < -0.39 is 8.32 Å². The second kappa shape index (κ2) is 4.77. The van der Waals surface area contributed by atoms with E-state index in [0.29, 0.717) is 9.76 Å². The number of halogens is 2. The van der Waals surface area contributed by atoms with E-state index in [0.717, 1.165) is 6.04 Å². The van der Waals surface area contributed by atoms with Crippen molar-refractivity contribution >= 4 is 41.3 Å². The molecule has 0 aliphatic heterocycles. The molecule has 0 rings (SSSR count). The molecule has 0 aliphatic rings. The van der Waals surface area contributed by atoms with Gasteiger partial charge in [0.05, 0.1) is 0 Å². The van der Waals surface area contributed by atoms with Crippen molar-refractivity contribution in [3.05, 3.63) is 0 Å². The van der Waals surface area contributed by atoms with Gasteiger partial charge < -0.3 is 4.12 Å². The average molecular weight is 215 g/mol. The summed E-state index contributed by atoms with van der Waals surface area (Å²) in [6, 6.07) is 0.816. The van der Waals surface area contributed by atoms with Crippen LogP contribution < -0.4 is 0 Å². The highest BCUT2D eigenvalue weighted by molar-refractivity contribution is 6.76. The minimum absolute atomic E-state index is 0.266. The summed E-state index contributed by atoms with van der Waals surface area (Å²) in [5.74, 6) is 0. The molecule has 0 aromatic rings. The monoisotopic (exact) mass is 214 g/mol. The molecule has 0 bridgehead atoms. The van der Waals surface area contributed by atoms with E-state index in [1.54, 1.807) is 0 Å². The van der Waals surface area contributed by atoms with Gasteiger partial charge in [0.1, 0.15) is 4.84 Å². The van der Waals surface area contributed by atoms with E-state index in [9.17, 15) is 0 Å². The Hall–Kier alpha value is 0.974. The molecule has 0 spiro atoms. The zero-order chi connectivity index (χ0) is 8.20. The number of alkyl halides is 2. The van der Waals surface area contributed by atoms with Crippen LogP contribution in [0.25, 0.3) is 0 Å². The molecule has 0 saturated carbocycles. The summed E-state index contributed by atoms with van der Waals surface area (Å²) in [4.78, 5) is -0.266. The van der Waals surface area contributed by atoms with Crippen LogP contribution in [0.15, 0.2) is 0 Å². The molecule has 60 valence electrons. The Morgan fingerprint density at radius 1 is 1.50 bits per heavy atom. The van der Waals surface area contributed by atoms with Gasteiger partial charge >= 0.3 is 0 Å². The molecular weight excluding hydrogens is 203 g/mol. The lowest BCUT2D eigenvalue weighted by molar-refractivity contribution is 0.592. The van der Waals surface area contributed by atoms with Crippen molar-refractivity contribution in [1.29, 1.82) is 0 Å². The second-order valence-corrected chi connectivity index (χ2v) is 9.09. The first-order valence-electron chi connectivity index (χ1n) is 3.11. The summed E-state index contributed by atoms with van der Waals surface area (Å²) in [6.45, 7) is 6.27. The van der Waals surface area contributed by atoms with Crippen molar-refractivity contribution in [2.45, 2.75) is 30.5 Å². The van der Waals surface area contributed by atoms with Crippen molar-refractivity contribution < 1.29 is 4.12 Å². The maximum absolute atomic E-state index is 5.62. The summed E-state index contributed by atoms with van der Waals surface area (Å²) in [6.07, 6.45) is 0. The highest BCUT2D eigenvalue weighted by atomic mass is 35.5. The predicted molar refractivity (Wildman–Crippen MR) is 50.5 cm³/mol. The third-order valence-corrected chi connectivity index (χ3v) is 6.27. The van der Waals surface area contributed by atoms with Gasteiger partial charge in [-0.2, -0.15) is 0 Å². The van der Waals surface area contributed by atoms with Crippen LogP contribution in [-0.2, 0) is 4.12 Å². The number of hydrogen-bond donors (Lipinski definition) is 0. The molecule has 0 unspecified atom stereocenters. The van der Waals surface area contributed by atoms with Gasteiger partial charge in [-0.25, -0.2) is 0 Å². The molecular formula is C5H12Cl2OSi2. The molecule has 10 heavy (non-hydrogen) atoms. The molecule has 1 nitrogen and oxygen atoms in total. The van der Waals surface area contributed by atoms with Crippen LogP contribution >= 0.6 is 23.2 Å². The van der Waals surface area contributed by atoms with Crippen molar-refractivity contribution in [3.63, 3.8) is 0 Å². The van der Waals surface area contributed by atoms with E-state index in [-0.39, 0.29) is 4.84 Å². The Kier molecular flexibility index (Phi) is 5.24. The molecule has 5 heteroatoms. The molecule has 0 atom stereocenters. The fourth-order valence-corrected chi connectivity index (χ4v) is 6.21. The lowest BCUT2D eigenvalue weighted by atomic mass is 10.9. The average Bonchev–Trinajstić information content (AvgIpc) is 1.59. The maximum Gasteiger partial charge on any atom is 0.211 e. The van der Waals surface area contributed by atoms with Crippen LogP contribution in [0.2, 0.25) is 25.7 Å². The van der Waals surface area contributed by atoms with E-state index in [2.05, 4.69) is 13.1 Å². The third-order valence-electron chi connectivity index (χ3n) is 1.02. The molecule has 0 fully saturated rings. The molecule has 0 aromatic heterocycles. The largest absolute Gasteiger partial charge is 0.456 e. The first kappa shape index (κ1) is 11.0. The first-order valence-corrected chi connectivity index (χ1v) is 8.50. The topological polar surface area (TPSA) is 9.23 Å². The summed E-state index contributed by atoms with van der Waals surface area (Å²) >= 11 is 11.2. The Bertz CT molecular complexity index is 97.6. The third kappa shape index (κ3) is 5.74. The zero-order valence-corrected chi connectivity index (χ0v) is 9.96. The molecule has 0 N–H and O–H groups in total. The van der Waals surface area contributed by atoms with Gasteiger partial charge in [-0.15, -0.1) is 23.2 Å². The van der Waals surface area contributed by atoms with Gasteiger partial charge in [-0.05, 0) is 25.7 Å². The molecule has 0 aliphatic carbocycles. The van der Waals surface area contributed by atoms with Gasteiger partial charge in [0.25, 0.3) is 0 Å². The molecule has 0 heterocycles. The molecule has 0 aromatic carbocycles. The summed E-state index contributed by atoms with van der Waals surface area (Å²) in [7, 11) is -0.965. The van der Waals surface area contributed by atoms with Gasteiger partial charge in [-0.3, -0.25) is 0 Å². The maximum atomic E-state index is 5.62. The Labute approximate surface area is 76.1 Å². The van der Waals surface area contributed by atoms with E-state index in [1.807, 2.05) is 6.55 Å². The standard InChI is InChI=1S/C5H12Cl2OSi2/c1-9-8-10(2,3)4-5(6)7/h5H,4H2,1-3H3. The highest BCUT2D eigenvalue weighted by Crippen LogP contribution is 2.19. The van der Waals surface area contributed by atoms with Gasteiger partial charge in [-0.1, -0.05) is 0 Å². The fourth-order valence-electron chi connectivity index (χ4n) is 0.690. The summed E-state index contributed by atoms with van der Waals surface area (Å²) in [5, 5.41) is 0. The molecule has 0 saturated heterocycles. The highest BCUT2D eigenvalue weighted by Gasteiger charge is 2.24. The van der Waals surface area contributed by atoms with Crippen molar-refractivity contribution in [3.8, 4) is 0 Å². The van der Waals surface area contributed by atoms with E-state index in [4.69, 9.17) is 27.3 Å².